The van der Waals surface area contributed by atoms with Crippen molar-refractivity contribution in [3.63, 3.8) is 0 Å². The van der Waals surface area contributed by atoms with E-state index in [-0.39, 0.29) is 29.9 Å². The maximum atomic E-state index is 12.0. The molecule has 0 fully saturated rings. The van der Waals surface area contributed by atoms with Gasteiger partial charge in [0.25, 0.3) is 0 Å². The Morgan fingerprint density at radius 3 is 2.22 bits per heavy atom. The smallest absolute Gasteiger partial charge is 0.227 e. The normalized spacial score (nSPS) is 13.0. The minimum atomic E-state index is -0.496. The first-order valence-electron chi connectivity index (χ1n) is 8.70. The van der Waals surface area contributed by atoms with E-state index in [0.717, 1.165) is 18.9 Å². The highest BCUT2D eigenvalue weighted by atomic mass is 127. The van der Waals surface area contributed by atoms with Gasteiger partial charge in [-0.1, -0.05) is 26.2 Å². The van der Waals surface area contributed by atoms with Gasteiger partial charge in [0.15, 0.2) is 5.96 Å². The third-order valence-corrected chi connectivity index (χ3v) is 3.55. The Balaban J connectivity index is 0. The van der Waals surface area contributed by atoms with E-state index >= 15 is 0 Å². The predicted molar refractivity (Wildman–Crippen MR) is 111 cm³/mol. The summed E-state index contributed by atoms with van der Waals surface area (Å²) in [5.41, 5.74) is -0.496. The number of hydrogen-bond donors (Lipinski definition) is 3. The van der Waals surface area contributed by atoms with Crippen LogP contribution in [-0.2, 0) is 4.79 Å². The number of nitrogens with zero attached hydrogens (tertiary/aromatic N) is 1. The molecule has 0 saturated carbocycles. The van der Waals surface area contributed by atoms with E-state index in [2.05, 4.69) is 34.8 Å². The Morgan fingerprint density at radius 2 is 1.70 bits per heavy atom. The fourth-order valence-electron chi connectivity index (χ4n) is 2.07. The molecule has 0 saturated heterocycles. The summed E-state index contributed by atoms with van der Waals surface area (Å²) >= 11 is 0. The van der Waals surface area contributed by atoms with Gasteiger partial charge in [-0.05, 0) is 41.0 Å². The van der Waals surface area contributed by atoms with Crippen molar-refractivity contribution < 1.29 is 4.79 Å². The summed E-state index contributed by atoms with van der Waals surface area (Å²) in [5.74, 6) is 0.842. The SMILES string of the molecule is CCCCCC(C)NC(=NCC(C)(C)C(=O)NCC)NCC.I. The summed E-state index contributed by atoms with van der Waals surface area (Å²) in [6, 6.07) is 0.386. The van der Waals surface area contributed by atoms with E-state index in [9.17, 15) is 4.79 Å². The number of carbonyl (C=O) groups excluding carboxylic acids is 1. The maximum Gasteiger partial charge on any atom is 0.227 e. The van der Waals surface area contributed by atoms with Crippen molar-refractivity contribution in [1.82, 2.24) is 16.0 Å². The molecule has 0 aliphatic carbocycles. The Kier molecular flexibility index (Phi) is 14.9. The maximum absolute atomic E-state index is 12.0. The van der Waals surface area contributed by atoms with Crippen LogP contribution in [-0.4, -0.2) is 37.5 Å². The van der Waals surface area contributed by atoms with Crippen LogP contribution in [0.5, 0.6) is 0 Å². The molecule has 0 aromatic carbocycles. The van der Waals surface area contributed by atoms with Crippen molar-refractivity contribution in [2.45, 2.75) is 73.3 Å². The average Bonchev–Trinajstić information content (AvgIpc) is 2.45. The number of halogens is 1. The van der Waals surface area contributed by atoms with Gasteiger partial charge in [0.2, 0.25) is 5.91 Å². The molecule has 0 spiro atoms. The molecule has 5 nitrogen and oxygen atoms in total. The number of amides is 1. The lowest BCUT2D eigenvalue weighted by atomic mass is 9.92. The minimum Gasteiger partial charge on any atom is -0.357 e. The first-order valence-corrected chi connectivity index (χ1v) is 8.70. The fourth-order valence-corrected chi connectivity index (χ4v) is 2.07. The number of aliphatic imine (C=N–C) groups is 1. The van der Waals surface area contributed by atoms with E-state index in [1.165, 1.54) is 19.3 Å². The summed E-state index contributed by atoms with van der Waals surface area (Å²) < 4.78 is 0. The van der Waals surface area contributed by atoms with E-state index in [4.69, 9.17) is 0 Å². The van der Waals surface area contributed by atoms with Crippen LogP contribution in [0.1, 0.15) is 67.2 Å². The number of guanidine groups is 1. The molecule has 0 bridgehead atoms. The van der Waals surface area contributed by atoms with Crippen LogP contribution in [0.4, 0.5) is 0 Å². The Labute approximate surface area is 159 Å². The first kappa shape index (κ1) is 24.7. The van der Waals surface area contributed by atoms with Crippen LogP contribution in [0.3, 0.4) is 0 Å². The largest absolute Gasteiger partial charge is 0.357 e. The predicted octanol–water partition coefficient (Wildman–Crippen LogP) is 3.29. The highest BCUT2D eigenvalue weighted by Crippen LogP contribution is 2.15. The monoisotopic (exact) mass is 440 g/mol. The zero-order chi connectivity index (χ0) is 17.0. The second-order valence-electron chi connectivity index (χ2n) is 6.48. The summed E-state index contributed by atoms with van der Waals surface area (Å²) in [7, 11) is 0. The topological polar surface area (TPSA) is 65.5 Å². The molecule has 1 unspecified atom stereocenters. The van der Waals surface area contributed by atoms with E-state index < -0.39 is 5.41 Å². The van der Waals surface area contributed by atoms with Crippen molar-refractivity contribution in [1.29, 1.82) is 0 Å². The lowest BCUT2D eigenvalue weighted by molar-refractivity contribution is -0.128. The van der Waals surface area contributed by atoms with Crippen LogP contribution in [0.15, 0.2) is 4.99 Å². The number of nitrogens with one attached hydrogen (secondary N) is 3. The molecule has 0 aliphatic heterocycles. The fraction of sp³-hybridized carbons (Fsp3) is 0.882. The van der Waals surface area contributed by atoms with Gasteiger partial charge in [-0.2, -0.15) is 0 Å². The van der Waals surface area contributed by atoms with Gasteiger partial charge in [0.1, 0.15) is 0 Å². The van der Waals surface area contributed by atoms with Crippen molar-refractivity contribution in [2.75, 3.05) is 19.6 Å². The number of rotatable bonds is 10. The Bertz CT molecular complexity index is 345. The molecule has 0 rings (SSSR count). The third kappa shape index (κ3) is 11.6. The molecule has 23 heavy (non-hydrogen) atoms. The quantitative estimate of drug-likeness (QED) is 0.211. The Morgan fingerprint density at radius 1 is 1.09 bits per heavy atom. The van der Waals surface area contributed by atoms with Gasteiger partial charge in [0.05, 0.1) is 12.0 Å². The highest BCUT2D eigenvalue weighted by molar-refractivity contribution is 14.0. The molecular weight excluding hydrogens is 403 g/mol. The molecule has 3 N–H and O–H groups in total. The third-order valence-electron chi connectivity index (χ3n) is 3.55. The summed E-state index contributed by atoms with van der Waals surface area (Å²) in [6.45, 7) is 14.2. The second kappa shape index (κ2) is 13.9. The summed E-state index contributed by atoms with van der Waals surface area (Å²) in [5, 5.41) is 9.55. The van der Waals surface area contributed by atoms with E-state index in [1.807, 2.05) is 27.7 Å². The minimum absolute atomic E-state index is 0. The standard InChI is InChI=1S/C17H36N4O.HI/c1-7-10-11-12-14(4)21-16(19-9-3)20-13-17(5,6)15(22)18-8-2;/h14H,7-13H2,1-6H3,(H,18,22)(H2,19,20,21);1H. The molecule has 0 radical (unpaired) electrons. The number of carbonyl (C=O) groups is 1. The average molecular weight is 440 g/mol. The number of unbranched alkanes of at least 4 members (excludes halogenated alkanes) is 2. The van der Waals surface area contributed by atoms with Gasteiger partial charge >= 0.3 is 0 Å². The van der Waals surface area contributed by atoms with Gasteiger partial charge in [-0.25, -0.2) is 0 Å². The molecule has 0 heterocycles. The zero-order valence-corrected chi connectivity index (χ0v) is 18.1. The van der Waals surface area contributed by atoms with Crippen molar-refractivity contribution in [2.24, 2.45) is 10.4 Å². The van der Waals surface area contributed by atoms with Gasteiger partial charge in [0, 0.05) is 19.1 Å². The molecule has 138 valence electrons. The molecule has 1 amide bonds. The zero-order valence-electron chi connectivity index (χ0n) is 15.8. The number of hydrogen-bond acceptors (Lipinski definition) is 2. The van der Waals surface area contributed by atoms with Crippen molar-refractivity contribution in [3.05, 3.63) is 0 Å². The van der Waals surface area contributed by atoms with Crippen LogP contribution in [0.2, 0.25) is 0 Å². The van der Waals surface area contributed by atoms with Gasteiger partial charge in [-0.3, -0.25) is 9.79 Å². The highest BCUT2D eigenvalue weighted by Gasteiger charge is 2.26. The summed E-state index contributed by atoms with van der Waals surface area (Å²) in [6.07, 6.45) is 4.87. The summed E-state index contributed by atoms with van der Waals surface area (Å²) in [4.78, 5) is 16.6. The molecule has 0 aromatic rings. The van der Waals surface area contributed by atoms with E-state index in [1.54, 1.807) is 0 Å². The van der Waals surface area contributed by atoms with E-state index in [0.29, 0.717) is 19.1 Å². The lowest BCUT2D eigenvalue weighted by Crippen LogP contribution is -2.44. The molecular formula is C17H37IN4O. The lowest BCUT2D eigenvalue weighted by Gasteiger charge is -2.23. The van der Waals surface area contributed by atoms with Crippen molar-refractivity contribution in [3.8, 4) is 0 Å². The molecule has 0 aromatic heterocycles. The van der Waals surface area contributed by atoms with Crippen LogP contribution in [0.25, 0.3) is 0 Å². The molecule has 0 aliphatic rings. The molecule has 1 atom stereocenters. The van der Waals surface area contributed by atoms with Crippen molar-refractivity contribution >= 4 is 35.8 Å². The van der Waals surface area contributed by atoms with Crippen LogP contribution < -0.4 is 16.0 Å². The van der Waals surface area contributed by atoms with Crippen LogP contribution in [0, 0.1) is 5.41 Å². The first-order chi connectivity index (χ1) is 10.4. The second-order valence-corrected chi connectivity index (χ2v) is 6.48. The van der Waals surface area contributed by atoms with Gasteiger partial charge in [-0.15, -0.1) is 24.0 Å². The molecule has 6 heteroatoms. The van der Waals surface area contributed by atoms with Crippen LogP contribution >= 0.6 is 24.0 Å². The Hall–Kier alpha value is -0.530. The van der Waals surface area contributed by atoms with Gasteiger partial charge < -0.3 is 16.0 Å².